The van der Waals surface area contributed by atoms with E-state index in [0.29, 0.717) is 24.9 Å². The first kappa shape index (κ1) is 18.9. The average Bonchev–Trinajstić information content (AvgIpc) is 2.71. The number of hydrogen-bond acceptors (Lipinski definition) is 5. The summed E-state index contributed by atoms with van der Waals surface area (Å²) >= 11 is 0. The van der Waals surface area contributed by atoms with Gasteiger partial charge in [-0.05, 0) is 35.7 Å². The molecule has 5 nitrogen and oxygen atoms in total. The van der Waals surface area contributed by atoms with Crippen molar-refractivity contribution >= 4 is 5.82 Å². The van der Waals surface area contributed by atoms with E-state index in [9.17, 15) is 5.11 Å². The highest BCUT2D eigenvalue weighted by molar-refractivity contribution is 5.62. The van der Waals surface area contributed by atoms with Crippen LogP contribution < -0.4 is 10.1 Å². The van der Waals surface area contributed by atoms with Gasteiger partial charge in [0.15, 0.2) is 0 Å². The Hall–Kier alpha value is -2.92. The van der Waals surface area contributed by atoms with Gasteiger partial charge >= 0.3 is 0 Å². The normalized spacial score (nSPS) is 12.0. The van der Waals surface area contributed by atoms with Gasteiger partial charge in [0.05, 0.1) is 18.4 Å². The van der Waals surface area contributed by atoms with Gasteiger partial charge in [-0.25, -0.2) is 9.97 Å². The van der Waals surface area contributed by atoms with Crippen LogP contribution in [-0.4, -0.2) is 28.2 Å². The van der Waals surface area contributed by atoms with Gasteiger partial charge in [0.2, 0.25) is 0 Å². The van der Waals surface area contributed by atoms with Crippen LogP contribution in [0.15, 0.2) is 67.0 Å². The van der Waals surface area contributed by atoms with Crippen LogP contribution in [0.2, 0.25) is 0 Å². The Morgan fingerprint density at radius 1 is 1.00 bits per heavy atom. The molecule has 0 aliphatic carbocycles. The quantitative estimate of drug-likeness (QED) is 0.624. The number of hydrogen-bond donors (Lipinski definition) is 2. The Morgan fingerprint density at radius 2 is 1.74 bits per heavy atom. The van der Waals surface area contributed by atoms with Gasteiger partial charge in [-0.2, -0.15) is 0 Å². The zero-order chi connectivity index (χ0) is 19.1. The fourth-order valence-corrected chi connectivity index (χ4v) is 2.59. The molecule has 1 aromatic heterocycles. The molecule has 0 aliphatic heterocycles. The molecule has 0 amide bonds. The van der Waals surface area contributed by atoms with Crippen LogP contribution >= 0.6 is 0 Å². The maximum absolute atomic E-state index is 10.3. The molecule has 0 fully saturated rings. The largest absolute Gasteiger partial charge is 0.493 e. The van der Waals surface area contributed by atoms with Gasteiger partial charge in [0.1, 0.15) is 17.9 Å². The lowest BCUT2D eigenvalue weighted by Gasteiger charge is -2.13. The van der Waals surface area contributed by atoms with Gasteiger partial charge < -0.3 is 15.2 Å². The van der Waals surface area contributed by atoms with E-state index in [0.717, 1.165) is 22.6 Å². The highest BCUT2D eigenvalue weighted by Gasteiger charge is 2.08. The predicted octanol–water partition coefficient (Wildman–Crippen LogP) is 4.32. The van der Waals surface area contributed by atoms with Crippen LogP contribution in [0, 0.1) is 5.92 Å². The van der Waals surface area contributed by atoms with Gasteiger partial charge in [0.25, 0.3) is 0 Å². The summed E-state index contributed by atoms with van der Waals surface area (Å²) in [5, 5.41) is 13.4. The fraction of sp³-hybridized carbons (Fsp3) is 0.273. The third-order valence-corrected chi connectivity index (χ3v) is 4.06. The van der Waals surface area contributed by atoms with E-state index in [4.69, 9.17) is 4.74 Å². The van der Waals surface area contributed by atoms with E-state index < -0.39 is 6.10 Å². The van der Waals surface area contributed by atoms with Gasteiger partial charge in [0, 0.05) is 18.2 Å². The lowest BCUT2D eigenvalue weighted by atomic mass is 10.1. The summed E-state index contributed by atoms with van der Waals surface area (Å²) < 4.78 is 5.72. The van der Waals surface area contributed by atoms with Crippen LogP contribution in [0.5, 0.6) is 5.75 Å². The smallest absolute Gasteiger partial charge is 0.130 e. The monoisotopic (exact) mass is 363 g/mol. The first-order chi connectivity index (χ1) is 13.1. The van der Waals surface area contributed by atoms with Crippen molar-refractivity contribution in [2.45, 2.75) is 20.0 Å². The zero-order valence-corrected chi connectivity index (χ0v) is 15.7. The second kappa shape index (κ2) is 9.14. The minimum absolute atomic E-state index is 0.377. The summed E-state index contributed by atoms with van der Waals surface area (Å²) in [6.07, 6.45) is 0.928. The molecule has 3 aromatic rings. The van der Waals surface area contributed by atoms with Crippen molar-refractivity contribution in [3.8, 4) is 17.0 Å². The molecule has 3 rings (SSSR count). The summed E-state index contributed by atoms with van der Waals surface area (Å²) in [7, 11) is 0. The molecule has 140 valence electrons. The molecule has 0 bridgehead atoms. The lowest BCUT2D eigenvalue weighted by molar-refractivity contribution is 0.191. The highest BCUT2D eigenvalue weighted by atomic mass is 16.5. The molecular formula is C22H25N3O2. The number of aromatic nitrogens is 2. The van der Waals surface area contributed by atoms with Crippen LogP contribution in [0.25, 0.3) is 11.3 Å². The second-order valence-corrected chi connectivity index (χ2v) is 6.83. The average molecular weight is 363 g/mol. The Morgan fingerprint density at radius 3 is 2.44 bits per heavy atom. The number of anilines is 1. The van der Waals surface area contributed by atoms with Crippen LogP contribution in [0.4, 0.5) is 5.82 Å². The van der Waals surface area contributed by atoms with E-state index >= 15 is 0 Å². The van der Waals surface area contributed by atoms with Crippen LogP contribution in [0.1, 0.15) is 25.5 Å². The maximum atomic E-state index is 10.3. The number of nitrogens with one attached hydrogen (secondary N) is 1. The van der Waals surface area contributed by atoms with Crippen molar-refractivity contribution in [3.05, 3.63) is 72.6 Å². The first-order valence-electron chi connectivity index (χ1n) is 9.14. The number of benzene rings is 2. The van der Waals surface area contributed by atoms with Crippen LogP contribution in [-0.2, 0) is 0 Å². The van der Waals surface area contributed by atoms with Crippen molar-refractivity contribution in [3.63, 3.8) is 0 Å². The topological polar surface area (TPSA) is 67.3 Å². The van der Waals surface area contributed by atoms with Crippen molar-refractivity contribution in [1.82, 2.24) is 9.97 Å². The molecule has 0 spiro atoms. The van der Waals surface area contributed by atoms with Crippen molar-refractivity contribution in [1.29, 1.82) is 0 Å². The molecule has 2 N–H and O–H groups in total. The summed E-state index contributed by atoms with van der Waals surface area (Å²) in [5.74, 6) is 2.02. The Kier molecular flexibility index (Phi) is 6.39. The molecular weight excluding hydrogens is 338 g/mol. The number of aliphatic hydroxyl groups excluding tert-OH is 1. The fourth-order valence-electron chi connectivity index (χ4n) is 2.59. The first-order valence-corrected chi connectivity index (χ1v) is 9.14. The Labute approximate surface area is 160 Å². The second-order valence-electron chi connectivity index (χ2n) is 6.83. The SMILES string of the molecule is CC(C)COc1ccc(-c2cc(NCC(O)c3ccccc3)ncn2)cc1. The van der Waals surface area contributed by atoms with Crippen molar-refractivity contribution in [2.24, 2.45) is 5.92 Å². The molecule has 0 saturated heterocycles. The number of rotatable bonds is 8. The molecule has 0 aliphatic rings. The summed E-state index contributed by atoms with van der Waals surface area (Å²) in [5.41, 5.74) is 2.68. The van der Waals surface area contributed by atoms with E-state index in [1.54, 1.807) is 0 Å². The third kappa shape index (κ3) is 5.53. The number of ether oxygens (including phenoxy) is 1. The molecule has 27 heavy (non-hydrogen) atoms. The summed E-state index contributed by atoms with van der Waals surface area (Å²) in [4.78, 5) is 8.58. The molecule has 1 heterocycles. The minimum atomic E-state index is -0.595. The van der Waals surface area contributed by atoms with Gasteiger partial charge in [-0.15, -0.1) is 0 Å². The van der Waals surface area contributed by atoms with Crippen LogP contribution in [0.3, 0.4) is 0 Å². The number of aliphatic hydroxyl groups is 1. The van der Waals surface area contributed by atoms with E-state index in [-0.39, 0.29) is 0 Å². The molecule has 5 heteroatoms. The Bertz CT molecular complexity index is 836. The third-order valence-electron chi connectivity index (χ3n) is 4.06. The Balaban J connectivity index is 1.63. The lowest BCUT2D eigenvalue weighted by Crippen LogP contribution is -2.13. The van der Waals surface area contributed by atoms with Gasteiger partial charge in [-0.1, -0.05) is 44.2 Å². The summed E-state index contributed by atoms with van der Waals surface area (Å²) in [6.45, 7) is 5.32. The molecule has 1 atom stereocenters. The zero-order valence-electron chi connectivity index (χ0n) is 15.7. The number of nitrogens with zero attached hydrogens (tertiary/aromatic N) is 2. The van der Waals surface area contributed by atoms with E-state index in [2.05, 4.69) is 29.1 Å². The predicted molar refractivity (Wildman–Crippen MR) is 108 cm³/mol. The minimum Gasteiger partial charge on any atom is -0.493 e. The van der Waals surface area contributed by atoms with Crippen molar-refractivity contribution in [2.75, 3.05) is 18.5 Å². The molecule has 0 radical (unpaired) electrons. The molecule has 2 aromatic carbocycles. The molecule has 0 saturated carbocycles. The summed E-state index contributed by atoms with van der Waals surface area (Å²) in [6, 6.07) is 19.3. The van der Waals surface area contributed by atoms with E-state index in [1.165, 1.54) is 6.33 Å². The van der Waals surface area contributed by atoms with Gasteiger partial charge in [-0.3, -0.25) is 0 Å². The highest BCUT2D eigenvalue weighted by Crippen LogP contribution is 2.22. The van der Waals surface area contributed by atoms with E-state index in [1.807, 2.05) is 60.7 Å². The van der Waals surface area contributed by atoms with Crippen molar-refractivity contribution < 1.29 is 9.84 Å². The molecule has 1 unspecified atom stereocenters. The standard InChI is InChI=1S/C22H25N3O2/c1-16(2)14-27-19-10-8-17(9-11-19)20-12-22(25-15-24-20)23-13-21(26)18-6-4-3-5-7-18/h3-12,15-16,21,26H,13-14H2,1-2H3,(H,23,24,25). The maximum Gasteiger partial charge on any atom is 0.130 e.